The highest BCUT2D eigenvalue weighted by atomic mass is 19.4. The maximum absolute atomic E-state index is 13.0. The maximum Gasteiger partial charge on any atom is 0.416 e. The third-order valence-electron chi connectivity index (χ3n) is 4.36. The van der Waals surface area contributed by atoms with E-state index in [9.17, 15) is 13.2 Å². The molecule has 1 heterocycles. The third kappa shape index (κ3) is 4.63. The van der Waals surface area contributed by atoms with E-state index in [1.165, 1.54) is 12.1 Å². The molecule has 1 saturated heterocycles. The number of aliphatic imine (C=N–C) groups is 1. The van der Waals surface area contributed by atoms with E-state index in [0.717, 1.165) is 19.0 Å². The van der Waals surface area contributed by atoms with Crippen molar-refractivity contribution in [2.24, 2.45) is 10.7 Å². The first-order chi connectivity index (χ1) is 11.4. The van der Waals surface area contributed by atoms with Crippen molar-refractivity contribution < 1.29 is 17.9 Å². The van der Waals surface area contributed by atoms with E-state index in [0.29, 0.717) is 44.1 Å². The summed E-state index contributed by atoms with van der Waals surface area (Å²) in [6.07, 6.45) is -2.19. The Labute approximate surface area is 140 Å². The number of guanidine groups is 1. The number of alkyl halides is 3. The largest absolute Gasteiger partial charge is 0.416 e. The number of nitrogens with two attached hydrogens (primary N) is 1. The van der Waals surface area contributed by atoms with Crippen molar-refractivity contribution in [3.05, 3.63) is 35.4 Å². The standard InChI is InChI=1S/C17H24F3N3O/c1-2-8-22-15(21)23-12-16(6-9-24-10-7-16)13-4-3-5-14(11-13)17(18,19)20/h3-5,11H,2,6-10,12H2,1H3,(H3,21,22,23). The fourth-order valence-electron chi connectivity index (χ4n) is 2.87. The van der Waals surface area contributed by atoms with Crippen molar-refractivity contribution in [1.82, 2.24) is 5.32 Å². The third-order valence-corrected chi connectivity index (χ3v) is 4.36. The second-order valence-electron chi connectivity index (χ2n) is 6.10. The lowest BCUT2D eigenvalue weighted by Gasteiger charge is -2.37. The average Bonchev–Trinajstić information content (AvgIpc) is 2.58. The Morgan fingerprint density at radius 1 is 1.33 bits per heavy atom. The molecule has 0 aromatic heterocycles. The average molecular weight is 343 g/mol. The van der Waals surface area contributed by atoms with E-state index >= 15 is 0 Å². The zero-order chi connectivity index (χ0) is 17.6. The van der Waals surface area contributed by atoms with Gasteiger partial charge in [-0.25, -0.2) is 0 Å². The van der Waals surface area contributed by atoms with Gasteiger partial charge in [-0.1, -0.05) is 25.1 Å². The predicted molar refractivity (Wildman–Crippen MR) is 88.0 cm³/mol. The number of hydrogen-bond donors (Lipinski definition) is 2. The molecular formula is C17H24F3N3O. The van der Waals surface area contributed by atoms with Gasteiger partial charge in [0.2, 0.25) is 0 Å². The molecule has 4 nitrogen and oxygen atoms in total. The van der Waals surface area contributed by atoms with Gasteiger partial charge in [-0.05, 0) is 30.9 Å². The van der Waals surface area contributed by atoms with Crippen LogP contribution in [0.15, 0.2) is 29.3 Å². The normalized spacial score (nSPS) is 18.4. The summed E-state index contributed by atoms with van der Waals surface area (Å²) in [6, 6.07) is 5.52. The van der Waals surface area contributed by atoms with Gasteiger partial charge < -0.3 is 15.8 Å². The minimum Gasteiger partial charge on any atom is -0.381 e. The topological polar surface area (TPSA) is 59.6 Å². The van der Waals surface area contributed by atoms with Crippen LogP contribution in [0.2, 0.25) is 0 Å². The lowest BCUT2D eigenvalue weighted by Crippen LogP contribution is -2.39. The Balaban J connectivity index is 2.28. The van der Waals surface area contributed by atoms with Crippen molar-refractivity contribution in [3.8, 4) is 0 Å². The first-order valence-electron chi connectivity index (χ1n) is 8.17. The first-order valence-corrected chi connectivity index (χ1v) is 8.17. The fraction of sp³-hybridized carbons (Fsp3) is 0.588. The number of hydrogen-bond acceptors (Lipinski definition) is 2. The number of halogens is 3. The lowest BCUT2D eigenvalue weighted by molar-refractivity contribution is -0.137. The van der Waals surface area contributed by atoms with Crippen LogP contribution in [0.4, 0.5) is 13.2 Å². The van der Waals surface area contributed by atoms with Gasteiger partial charge in [-0.3, -0.25) is 4.99 Å². The van der Waals surface area contributed by atoms with Gasteiger partial charge in [0, 0.05) is 25.2 Å². The molecular weight excluding hydrogens is 319 g/mol. The summed E-state index contributed by atoms with van der Waals surface area (Å²) in [5.41, 5.74) is 5.38. The van der Waals surface area contributed by atoms with Gasteiger partial charge in [0.1, 0.15) is 0 Å². The Kier molecular flexibility index (Phi) is 6.10. The molecule has 0 saturated carbocycles. The molecule has 0 atom stereocenters. The molecule has 0 radical (unpaired) electrons. The van der Waals surface area contributed by atoms with E-state index < -0.39 is 17.2 Å². The molecule has 1 aromatic rings. The van der Waals surface area contributed by atoms with Crippen LogP contribution < -0.4 is 11.1 Å². The number of benzene rings is 1. The molecule has 134 valence electrons. The summed E-state index contributed by atoms with van der Waals surface area (Å²) in [6.45, 7) is 4.10. The van der Waals surface area contributed by atoms with Gasteiger partial charge in [-0.15, -0.1) is 0 Å². The fourth-order valence-corrected chi connectivity index (χ4v) is 2.87. The molecule has 7 heteroatoms. The van der Waals surface area contributed by atoms with Gasteiger partial charge in [0.25, 0.3) is 0 Å². The maximum atomic E-state index is 13.0. The summed E-state index contributed by atoms with van der Waals surface area (Å²) < 4.78 is 44.5. The van der Waals surface area contributed by atoms with E-state index in [1.54, 1.807) is 6.07 Å². The van der Waals surface area contributed by atoms with Crippen LogP contribution in [0, 0.1) is 0 Å². The SMILES string of the molecule is CCCNC(N)=NCC1(c2cccc(C(F)(F)F)c2)CCOCC1. The summed E-state index contributed by atoms with van der Waals surface area (Å²) >= 11 is 0. The van der Waals surface area contributed by atoms with Crippen molar-refractivity contribution in [2.45, 2.75) is 37.8 Å². The van der Waals surface area contributed by atoms with Crippen LogP contribution in [0.25, 0.3) is 0 Å². The van der Waals surface area contributed by atoms with E-state index in [4.69, 9.17) is 10.5 Å². The summed E-state index contributed by atoms with van der Waals surface area (Å²) in [5, 5.41) is 2.99. The lowest BCUT2D eigenvalue weighted by atomic mass is 9.74. The molecule has 1 aliphatic heterocycles. The van der Waals surface area contributed by atoms with Gasteiger partial charge in [0.15, 0.2) is 5.96 Å². The van der Waals surface area contributed by atoms with E-state index in [2.05, 4.69) is 10.3 Å². The smallest absolute Gasteiger partial charge is 0.381 e. The highest BCUT2D eigenvalue weighted by Crippen LogP contribution is 2.38. The summed E-state index contributed by atoms with van der Waals surface area (Å²) in [5.74, 6) is 0.328. The Hall–Kier alpha value is -1.76. The van der Waals surface area contributed by atoms with Crippen molar-refractivity contribution in [2.75, 3.05) is 26.3 Å². The Morgan fingerprint density at radius 2 is 2.04 bits per heavy atom. The minimum atomic E-state index is -4.35. The number of rotatable bonds is 5. The zero-order valence-corrected chi connectivity index (χ0v) is 13.8. The van der Waals surface area contributed by atoms with Crippen LogP contribution >= 0.6 is 0 Å². The zero-order valence-electron chi connectivity index (χ0n) is 13.8. The van der Waals surface area contributed by atoms with Crippen LogP contribution in [-0.4, -0.2) is 32.3 Å². The van der Waals surface area contributed by atoms with Crippen LogP contribution in [-0.2, 0) is 16.3 Å². The molecule has 1 aliphatic rings. The second-order valence-corrected chi connectivity index (χ2v) is 6.10. The summed E-state index contributed by atoms with van der Waals surface area (Å²) in [7, 11) is 0. The molecule has 1 fully saturated rings. The minimum absolute atomic E-state index is 0.328. The van der Waals surface area contributed by atoms with Gasteiger partial charge >= 0.3 is 6.18 Å². The van der Waals surface area contributed by atoms with Crippen molar-refractivity contribution in [3.63, 3.8) is 0 Å². The Bertz CT molecular complexity index is 566. The first kappa shape index (κ1) is 18.6. The molecule has 0 amide bonds. The van der Waals surface area contributed by atoms with Gasteiger partial charge in [0.05, 0.1) is 12.1 Å². The molecule has 0 aliphatic carbocycles. The second kappa shape index (κ2) is 7.88. The van der Waals surface area contributed by atoms with Crippen molar-refractivity contribution in [1.29, 1.82) is 0 Å². The van der Waals surface area contributed by atoms with Crippen LogP contribution in [0.5, 0.6) is 0 Å². The van der Waals surface area contributed by atoms with E-state index in [-0.39, 0.29) is 0 Å². The number of nitrogens with zero attached hydrogens (tertiary/aromatic N) is 1. The molecule has 0 spiro atoms. The molecule has 24 heavy (non-hydrogen) atoms. The van der Waals surface area contributed by atoms with Crippen LogP contribution in [0.3, 0.4) is 0 Å². The monoisotopic (exact) mass is 343 g/mol. The van der Waals surface area contributed by atoms with Gasteiger partial charge in [-0.2, -0.15) is 13.2 Å². The quantitative estimate of drug-likeness (QED) is 0.638. The number of nitrogens with one attached hydrogen (secondary N) is 1. The van der Waals surface area contributed by atoms with Crippen molar-refractivity contribution >= 4 is 5.96 Å². The Morgan fingerprint density at radius 3 is 2.67 bits per heavy atom. The number of ether oxygens (including phenoxy) is 1. The molecule has 3 N–H and O–H groups in total. The summed E-state index contributed by atoms with van der Waals surface area (Å²) in [4.78, 5) is 4.37. The molecule has 2 rings (SSSR count). The highest BCUT2D eigenvalue weighted by molar-refractivity contribution is 5.77. The molecule has 0 bridgehead atoms. The molecule has 0 unspecified atom stereocenters. The highest BCUT2D eigenvalue weighted by Gasteiger charge is 2.37. The predicted octanol–water partition coefficient (Wildman–Crippen LogP) is 3.07. The molecule has 1 aromatic carbocycles. The van der Waals surface area contributed by atoms with E-state index in [1.807, 2.05) is 6.92 Å². The van der Waals surface area contributed by atoms with Crippen LogP contribution in [0.1, 0.15) is 37.3 Å².